The number of hydrogen-bond donors (Lipinski definition) is 0. The summed E-state index contributed by atoms with van der Waals surface area (Å²) >= 11 is 0. The Balaban J connectivity index is 1.98. The van der Waals surface area contributed by atoms with Crippen molar-refractivity contribution in [2.45, 2.75) is 32.4 Å². The predicted molar refractivity (Wildman–Crippen MR) is 94.7 cm³/mol. The Morgan fingerprint density at radius 1 is 1.00 bits per heavy atom. The number of alkyl halides is 3. The Morgan fingerprint density at radius 2 is 1.69 bits per heavy atom. The lowest BCUT2D eigenvalue weighted by atomic mass is 10.1. The number of pyridine rings is 1. The van der Waals surface area contributed by atoms with Gasteiger partial charge in [0.2, 0.25) is 0 Å². The fourth-order valence-electron chi connectivity index (χ4n) is 3.53. The van der Waals surface area contributed by atoms with Crippen LogP contribution in [-0.4, -0.2) is 27.9 Å². The van der Waals surface area contributed by atoms with Crippen molar-refractivity contribution in [2.24, 2.45) is 0 Å². The molecule has 0 N–H and O–H groups in total. The number of hydrogen-bond acceptors (Lipinski definition) is 3. The van der Waals surface area contributed by atoms with Gasteiger partial charge >= 0.3 is 6.18 Å². The van der Waals surface area contributed by atoms with Crippen LogP contribution in [-0.2, 0) is 6.18 Å². The zero-order chi connectivity index (χ0) is 18.3. The average Bonchev–Trinajstić information content (AvgIpc) is 2.98. The van der Waals surface area contributed by atoms with Crippen LogP contribution >= 0.6 is 0 Å². The molecule has 0 atom stereocenters. The van der Waals surface area contributed by atoms with Crippen molar-refractivity contribution in [3.05, 3.63) is 47.7 Å². The van der Waals surface area contributed by atoms with Gasteiger partial charge in [-0.1, -0.05) is 18.2 Å². The highest BCUT2D eigenvalue weighted by atomic mass is 19.4. The van der Waals surface area contributed by atoms with E-state index in [9.17, 15) is 13.2 Å². The fraction of sp³-hybridized carbons (Fsp3) is 0.368. The summed E-state index contributed by atoms with van der Waals surface area (Å²) in [7, 11) is 0. The maximum atomic E-state index is 13.8. The molecule has 0 radical (unpaired) electrons. The van der Waals surface area contributed by atoms with Gasteiger partial charge in [0.05, 0.1) is 22.3 Å². The number of aryl methyl sites for hydroxylation is 1. The average molecular weight is 360 g/mol. The Morgan fingerprint density at radius 3 is 2.35 bits per heavy atom. The van der Waals surface area contributed by atoms with Crippen LogP contribution in [0, 0.1) is 6.92 Å². The van der Waals surface area contributed by atoms with Gasteiger partial charge in [0.1, 0.15) is 5.82 Å². The molecule has 1 aromatic carbocycles. The lowest BCUT2D eigenvalue weighted by Gasteiger charge is -2.28. The molecule has 1 aliphatic rings. The zero-order valence-corrected chi connectivity index (χ0v) is 14.4. The van der Waals surface area contributed by atoms with Gasteiger partial charge in [-0.3, -0.25) is 0 Å². The predicted octanol–water partition coefficient (Wildman–Crippen LogP) is 4.74. The van der Waals surface area contributed by atoms with Gasteiger partial charge in [-0.25, -0.2) is 9.67 Å². The van der Waals surface area contributed by atoms with Crippen molar-refractivity contribution in [3.63, 3.8) is 0 Å². The minimum atomic E-state index is -4.46. The van der Waals surface area contributed by atoms with Crippen LogP contribution in [0.15, 0.2) is 36.4 Å². The first-order valence-electron chi connectivity index (χ1n) is 8.73. The molecule has 1 fully saturated rings. The van der Waals surface area contributed by atoms with E-state index >= 15 is 0 Å². The van der Waals surface area contributed by atoms with E-state index < -0.39 is 11.7 Å². The third kappa shape index (κ3) is 2.91. The van der Waals surface area contributed by atoms with E-state index in [1.807, 2.05) is 35.2 Å². The largest absolute Gasteiger partial charge is 0.417 e. The van der Waals surface area contributed by atoms with Gasteiger partial charge < -0.3 is 4.90 Å². The molecule has 2 aromatic heterocycles. The lowest BCUT2D eigenvalue weighted by Crippen LogP contribution is -2.30. The van der Waals surface area contributed by atoms with Gasteiger partial charge in [0, 0.05) is 13.1 Å². The summed E-state index contributed by atoms with van der Waals surface area (Å²) in [5, 5.41) is 4.43. The molecule has 3 aromatic rings. The van der Waals surface area contributed by atoms with Crippen LogP contribution < -0.4 is 4.90 Å². The number of rotatable bonds is 2. The van der Waals surface area contributed by atoms with E-state index in [4.69, 9.17) is 0 Å². The van der Waals surface area contributed by atoms with E-state index in [0.29, 0.717) is 17.2 Å². The number of benzene rings is 1. The highest BCUT2D eigenvalue weighted by Crippen LogP contribution is 2.38. The second kappa shape index (κ2) is 6.30. The van der Waals surface area contributed by atoms with E-state index in [2.05, 4.69) is 10.1 Å². The van der Waals surface area contributed by atoms with Crippen molar-refractivity contribution in [2.75, 3.05) is 18.0 Å². The van der Waals surface area contributed by atoms with Crippen LogP contribution in [0.1, 0.15) is 30.5 Å². The zero-order valence-electron chi connectivity index (χ0n) is 14.4. The van der Waals surface area contributed by atoms with Crippen LogP contribution in [0.25, 0.3) is 16.7 Å². The Hall–Kier alpha value is -2.57. The topological polar surface area (TPSA) is 34.0 Å². The van der Waals surface area contributed by atoms with Crippen LogP contribution in [0.4, 0.5) is 19.0 Å². The second-order valence-corrected chi connectivity index (χ2v) is 6.60. The molecule has 0 unspecified atom stereocenters. The summed E-state index contributed by atoms with van der Waals surface area (Å²) < 4.78 is 42.8. The van der Waals surface area contributed by atoms with Crippen LogP contribution in [0.2, 0.25) is 0 Å². The van der Waals surface area contributed by atoms with Crippen molar-refractivity contribution in [1.82, 2.24) is 14.8 Å². The summed E-state index contributed by atoms with van der Waals surface area (Å²) in [4.78, 5) is 6.54. The van der Waals surface area contributed by atoms with Crippen molar-refractivity contribution in [3.8, 4) is 5.69 Å². The number of halogens is 3. The monoisotopic (exact) mass is 360 g/mol. The molecular weight excluding hydrogens is 341 g/mol. The third-order valence-corrected chi connectivity index (χ3v) is 4.79. The van der Waals surface area contributed by atoms with Crippen molar-refractivity contribution in [1.29, 1.82) is 0 Å². The normalized spacial score (nSPS) is 15.6. The summed E-state index contributed by atoms with van der Waals surface area (Å²) in [5.74, 6) is 0.376. The molecule has 7 heteroatoms. The first-order valence-corrected chi connectivity index (χ1v) is 8.73. The quantitative estimate of drug-likeness (QED) is 0.662. The molecule has 1 aliphatic heterocycles. The standard InChI is InChI=1S/C19H19F3N4/c1-13-17-15(19(20,21)22)12-16(25-10-6-3-7-11-25)23-18(17)26(24-13)14-8-4-2-5-9-14/h2,4-5,8-9,12H,3,6-7,10-11H2,1H3. The van der Waals surface area contributed by atoms with Gasteiger partial charge in [-0.2, -0.15) is 18.3 Å². The van der Waals surface area contributed by atoms with Crippen molar-refractivity contribution >= 4 is 16.9 Å². The molecule has 4 rings (SSSR count). The van der Waals surface area contributed by atoms with E-state index in [0.717, 1.165) is 32.4 Å². The highest BCUT2D eigenvalue weighted by molar-refractivity contribution is 5.86. The second-order valence-electron chi connectivity index (χ2n) is 6.60. The molecule has 0 bridgehead atoms. The summed E-state index contributed by atoms with van der Waals surface area (Å²) in [6.07, 6.45) is -1.41. The minimum Gasteiger partial charge on any atom is -0.357 e. The molecule has 136 valence electrons. The minimum absolute atomic E-state index is 0.0714. The van der Waals surface area contributed by atoms with Crippen molar-refractivity contribution < 1.29 is 13.2 Å². The lowest BCUT2D eigenvalue weighted by molar-refractivity contribution is -0.136. The highest BCUT2D eigenvalue weighted by Gasteiger charge is 2.36. The van der Waals surface area contributed by atoms with Crippen LogP contribution in [0.3, 0.4) is 0 Å². The molecule has 4 nitrogen and oxygen atoms in total. The molecule has 0 aliphatic carbocycles. The summed E-state index contributed by atoms with van der Waals surface area (Å²) in [6.45, 7) is 3.06. The summed E-state index contributed by atoms with van der Waals surface area (Å²) in [5.41, 5.74) is 0.614. The van der Waals surface area contributed by atoms with Gasteiger partial charge in [0.25, 0.3) is 0 Å². The van der Waals surface area contributed by atoms with Gasteiger partial charge in [-0.15, -0.1) is 0 Å². The molecule has 0 spiro atoms. The maximum absolute atomic E-state index is 13.8. The van der Waals surface area contributed by atoms with E-state index in [1.165, 1.54) is 10.7 Å². The molecule has 0 saturated carbocycles. The number of para-hydroxylation sites is 1. The Bertz CT molecular complexity index is 925. The fourth-order valence-corrected chi connectivity index (χ4v) is 3.53. The first kappa shape index (κ1) is 16.9. The Kier molecular flexibility index (Phi) is 4.09. The maximum Gasteiger partial charge on any atom is 0.417 e. The first-order chi connectivity index (χ1) is 12.4. The number of nitrogens with zero attached hydrogens (tertiary/aromatic N) is 4. The molecular formula is C19H19F3N4. The number of piperidine rings is 1. The molecule has 26 heavy (non-hydrogen) atoms. The Labute approximate surface area is 149 Å². The van der Waals surface area contributed by atoms with E-state index in [1.54, 1.807) is 6.92 Å². The smallest absolute Gasteiger partial charge is 0.357 e. The van der Waals surface area contributed by atoms with E-state index in [-0.39, 0.29) is 11.0 Å². The summed E-state index contributed by atoms with van der Waals surface area (Å²) in [6, 6.07) is 10.3. The number of fused-ring (bicyclic) bond motifs is 1. The van der Waals surface area contributed by atoms with Gasteiger partial charge in [0.15, 0.2) is 5.65 Å². The molecule has 1 saturated heterocycles. The van der Waals surface area contributed by atoms with Gasteiger partial charge in [-0.05, 0) is 44.4 Å². The number of anilines is 1. The molecule has 3 heterocycles. The SMILES string of the molecule is Cc1nn(-c2ccccc2)c2nc(N3CCCCC3)cc(C(F)(F)F)c12. The third-order valence-electron chi connectivity index (χ3n) is 4.79. The van der Waals surface area contributed by atoms with Crippen LogP contribution in [0.5, 0.6) is 0 Å². The molecule has 0 amide bonds. The number of aromatic nitrogens is 3.